The Morgan fingerprint density at radius 3 is 2.85 bits per heavy atom. The molecule has 0 spiro atoms. The van der Waals surface area contributed by atoms with Crippen LogP contribution in [0.1, 0.15) is 10.4 Å². The Balaban J connectivity index is 2.09. The van der Waals surface area contributed by atoms with Crippen LogP contribution in [-0.4, -0.2) is 33.8 Å². The third kappa shape index (κ3) is 3.98. The number of nitrogens with one attached hydrogen (secondary N) is 2. The van der Waals surface area contributed by atoms with Gasteiger partial charge >= 0.3 is 0 Å². The molecule has 1 amide bonds. The van der Waals surface area contributed by atoms with Gasteiger partial charge in [-0.15, -0.1) is 0 Å². The molecule has 0 radical (unpaired) electrons. The molecule has 0 atom stereocenters. The number of hydrogen-bond donors (Lipinski definition) is 3. The molecule has 7 nitrogen and oxygen atoms in total. The largest absolute Gasteiger partial charge is 0.394 e. The number of imidazole rings is 1. The Labute approximate surface area is 163 Å². The summed E-state index contributed by atoms with van der Waals surface area (Å²) in [6, 6.07) is 6.12. The summed E-state index contributed by atoms with van der Waals surface area (Å²) >= 11 is 12.0. The van der Waals surface area contributed by atoms with Crippen molar-refractivity contribution in [3.63, 3.8) is 0 Å². The Morgan fingerprint density at radius 1 is 1.37 bits per heavy atom. The molecule has 0 aliphatic rings. The number of halogens is 3. The van der Waals surface area contributed by atoms with Crippen molar-refractivity contribution in [3.8, 4) is 0 Å². The second-order valence-electron chi connectivity index (χ2n) is 5.59. The van der Waals surface area contributed by atoms with E-state index < -0.39 is 11.7 Å². The van der Waals surface area contributed by atoms with Gasteiger partial charge in [0.2, 0.25) is 0 Å². The third-order valence-electron chi connectivity index (χ3n) is 3.75. The molecule has 142 valence electrons. The fourth-order valence-electron chi connectivity index (χ4n) is 2.47. The van der Waals surface area contributed by atoms with Crippen molar-refractivity contribution in [2.24, 2.45) is 7.05 Å². The lowest BCUT2D eigenvalue weighted by molar-refractivity contribution is 0.0169. The van der Waals surface area contributed by atoms with Crippen LogP contribution < -0.4 is 10.8 Å². The highest BCUT2D eigenvalue weighted by Gasteiger charge is 2.22. The molecule has 0 aliphatic heterocycles. The minimum absolute atomic E-state index is 0.0208. The summed E-state index contributed by atoms with van der Waals surface area (Å²) in [6.45, 7) is -0.380. The Hall–Kier alpha value is -2.39. The van der Waals surface area contributed by atoms with Crippen LogP contribution in [0.4, 0.5) is 15.8 Å². The maximum absolute atomic E-state index is 15.1. The molecule has 0 bridgehead atoms. The van der Waals surface area contributed by atoms with Crippen LogP contribution in [-0.2, 0) is 11.9 Å². The number of carbonyl (C=O) groups excluding carboxylic acids is 1. The summed E-state index contributed by atoms with van der Waals surface area (Å²) in [7, 11) is 1.68. The van der Waals surface area contributed by atoms with Gasteiger partial charge in [0.05, 0.1) is 47.0 Å². The molecule has 0 saturated carbocycles. The molecule has 3 aromatic rings. The van der Waals surface area contributed by atoms with E-state index in [4.69, 9.17) is 33.1 Å². The van der Waals surface area contributed by atoms with Crippen molar-refractivity contribution in [1.82, 2.24) is 15.0 Å². The molecule has 1 aromatic heterocycles. The first-order valence-electron chi connectivity index (χ1n) is 7.81. The first-order valence-corrected chi connectivity index (χ1v) is 8.56. The van der Waals surface area contributed by atoms with E-state index in [1.807, 2.05) is 0 Å². The number of aliphatic hydroxyl groups is 1. The zero-order valence-electron chi connectivity index (χ0n) is 14.1. The van der Waals surface area contributed by atoms with Crippen molar-refractivity contribution in [1.29, 1.82) is 0 Å². The lowest BCUT2D eigenvalue weighted by Gasteiger charge is -2.15. The molecule has 0 fully saturated rings. The molecule has 0 aliphatic carbocycles. The number of hydrogen-bond acceptors (Lipinski definition) is 5. The number of nitrogens with zero attached hydrogens (tertiary/aromatic N) is 2. The Morgan fingerprint density at radius 2 is 2.15 bits per heavy atom. The van der Waals surface area contributed by atoms with Gasteiger partial charge in [-0.2, -0.15) is 0 Å². The zero-order chi connectivity index (χ0) is 19.6. The van der Waals surface area contributed by atoms with E-state index in [0.717, 1.165) is 0 Å². The predicted molar refractivity (Wildman–Crippen MR) is 101 cm³/mol. The van der Waals surface area contributed by atoms with Gasteiger partial charge in [-0.1, -0.05) is 23.2 Å². The summed E-state index contributed by atoms with van der Waals surface area (Å²) in [4.78, 5) is 21.4. The number of aromatic nitrogens is 2. The highest BCUT2D eigenvalue weighted by molar-refractivity contribution is 6.36. The van der Waals surface area contributed by atoms with Gasteiger partial charge in [0.15, 0.2) is 5.82 Å². The Kier molecular flexibility index (Phi) is 5.81. The second-order valence-corrected chi connectivity index (χ2v) is 6.43. The first kappa shape index (κ1) is 19.4. The van der Waals surface area contributed by atoms with Gasteiger partial charge < -0.3 is 15.0 Å². The van der Waals surface area contributed by atoms with Gasteiger partial charge in [-0.05, 0) is 24.3 Å². The molecule has 3 N–H and O–H groups in total. The molecule has 2 aromatic carbocycles. The van der Waals surface area contributed by atoms with Gasteiger partial charge in [0.25, 0.3) is 5.91 Å². The second kappa shape index (κ2) is 8.10. The van der Waals surface area contributed by atoms with Crippen LogP contribution in [0.2, 0.25) is 10.0 Å². The maximum atomic E-state index is 15.1. The van der Waals surface area contributed by atoms with Crippen LogP contribution in [0.5, 0.6) is 0 Å². The Bertz CT molecular complexity index is 1010. The normalized spacial score (nSPS) is 11.0. The predicted octanol–water partition coefficient (Wildman–Crippen LogP) is 3.42. The highest BCUT2D eigenvalue weighted by atomic mass is 35.5. The van der Waals surface area contributed by atoms with E-state index in [1.165, 1.54) is 18.5 Å². The van der Waals surface area contributed by atoms with Gasteiger partial charge in [0.1, 0.15) is 5.52 Å². The van der Waals surface area contributed by atoms with Crippen LogP contribution in [0.15, 0.2) is 30.6 Å². The van der Waals surface area contributed by atoms with E-state index in [-0.39, 0.29) is 35.0 Å². The fourth-order valence-corrected chi connectivity index (χ4v) is 2.92. The summed E-state index contributed by atoms with van der Waals surface area (Å²) in [5.74, 6) is -1.41. The van der Waals surface area contributed by atoms with Crippen molar-refractivity contribution >= 4 is 51.5 Å². The van der Waals surface area contributed by atoms with Crippen molar-refractivity contribution in [2.45, 2.75) is 0 Å². The maximum Gasteiger partial charge on any atom is 0.277 e. The third-order valence-corrected chi connectivity index (χ3v) is 4.30. The molecule has 1 heterocycles. The molecule has 3 rings (SSSR count). The van der Waals surface area contributed by atoms with E-state index in [2.05, 4.69) is 15.8 Å². The number of anilines is 2. The fraction of sp³-hybridized carbons (Fsp3) is 0.176. The quantitative estimate of drug-likeness (QED) is 0.426. The van der Waals surface area contributed by atoms with E-state index >= 15 is 4.39 Å². The van der Waals surface area contributed by atoms with Crippen molar-refractivity contribution in [3.05, 3.63) is 52.0 Å². The van der Waals surface area contributed by atoms with Crippen LogP contribution in [0.25, 0.3) is 11.0 Å². The number of aryl methyl sites for hydroxylation is 1. The summed E-state index contributed by atoms with van der Waals surface area (Å²) in [5.41, 5.74) is 2.91. The minimum Gasteiger partial charge on any atom is -0.394 e. The molecular formula is C17H15Cl2FN4O3. The van der Waals surface area contributed by atoms with Gasteiger partial charge in [-0.25, -0.2) is 14.9 Å². The lowest BCUT2D eigenvalue weighted by Crippen LogP contribution is -2.26. The average molecular weight is 413 g/mol. The highest BCUT2D eigenvalue weighted by Crippen LogP contribution is 2.34. The smallest absolute Gasteiger partial charge is 0.277 e. The zero-order valence-corrected chi connectivity index (χ0v) is 15.6. The standard InChI is InChI=1S/C17H15Cl2FN4O3/c1-24-8-21-16-13(24)7-10(17(26)23-27-5-4-25)15(14(16)20)22-12-3-2-9(18)6-11(12)19/h2-3,6-8,22,25H,4-5H2,1H3,(H,23,26). The number of rotatable bonds is 6. The number of amides is 1. The van der Waals surface area contributed by atoms with Crippen LogP contribution in [0, 0.1) is 5.82 Å². The van der Waals surface area contributed by atoms with Gasteiger partial charge in [-0.3, -0.25) is 9.63 Å². The van der Waals surface area contributed by atoms with Gasteiger partial charge in [0, 0.05) is 12.1 Å². The van der Waals surface area contributed by atoms with E-state index in [0.29, 0.717) is 16.2 Å². The summed E-state index contributed by atoms with van der Waals surface area (Å²) < 4.78 is 16.7. The topological polar surface area (TPSA) is 88.4 Å². The SMILES string of the molecule is Cn1cnc2c(F)c(Nc3ccc(Cl)cc3Cl)c(C(=O)NOCCO)cc21. The number of aliphatic hydroxyl groups excluding tert-OH is 1. The molecule has 0 saturated heterocycles. The first-order chi connectivity index (χ1) is 12.9. The molecule has 0 unspecified atom stereocenters. The molecular weight excluding hydrogens is 398 g/mol. The van der Waals surface area contributed by atoms with Crippen molar-refractivity contribution in [2.75, 3.05) is 18.5 Å². The summed E-state index contributed by atoms with van der Waals surface area (Å²) in [6.07, 6.45) is 1.44. The molecule has 10 heteroatoms. The van der Waals surface area contributed by atoms with Crippen LogP contribution >= 0.6 is 23.2 Å². The van der Waals surface area contributed by atoms with E-state index in [9.17, 15) is 4.79 Å². The summed E-state index contributed by atoms with van der Waals surface area (Å²) in [5, 5.41) is 12.3. The van der Waals surface area contributed by atoms with Crippen LogP contribution in [0.3, 0.4) is 0 Å². The molecule has 27 heavy (non-hydrogen) atoms. The van der Waals surface area contributed by atoms with Crippen molar-refractivity contribution < 1.29 is 19.1 Å². The number of carbonyl (C=O) groups is 1. The number of fused-ring (bicyclic) bond motifs is 1. The average Bonchev–Trinajstić information content (AvgIpc) is 3.00. The monoisotopic (exact) mass is 412 g/mol. The minimum atomic E-state index is -0.716. The van der Waals surface area contributed by atoms with E-state index in [1.54, 1.807) is 23.7 Å². The number of benzene rings is 2. The number of hydroxylamine groups is 1. The lowest BCUT2D eigenvalue weighted by atomic mass is 10.1.